The number of anilines is 1. The number of urea groups is 1. The third-order valence-electron chi connectivity index (χ3n) is 5.43. The second kappa shape index (κ2) is 11.1. The number of benzene rings is 3. The van der Waals surface area contributed by atoms with E-state index in [9.17, 15) is 14.4 Å². The van der Waals surface area contributed by atoms with Gasteiger partial charge in [0.2, 0.25) is 0 Å². The maximum absolute atomic E-state index is 13.0. The highest BCUT2D eigenvalue weighted by molar-refractivity contribution is 9.10. The Morgan fingerprint density at radius 1 is 1.06 bits per heavy atom. The van der Waals surface area contributed by atoms with Gasteiger partial charge in [-0.1, -0.05) is 57.9 Å². The van der Waals surface area contributed by atoms with Gasteiger partial charge in [0.05, 0.1) is 13.7 Å². The summed E-state index contributed by atoms with van der Waals surface area (Å²) >= 11 is 3.37. The van der Waals surface area contributed by atoms with Crippen molar-refractivity contribution in [3.8, 4) is 11.5 Å². The smallest absolute Gasteiger partial charge is 0.329 e. The standard InChI is InChI=1S/C27H24BrN3O5/c1-17-6-12-21(13-7-17)29-24(32)16-36-25-19(4-3-5-23(25)35-2)14-22-26(33)31(27(34)30-22)15-18-8-10-20(28)11-9-18/h3-14H,15-16H2,1-2H3,(H,29,32)(H,30,34)/b22-14+. The van der Waals surface area contributed by atoms with Gasteiger partial charge in [-0.15, -0.1) is 0 Å². The summed E-state index contributed by atoms with van der Waals surface area (Å²) in [6.45, 7) is 1.82. The van der Waals surface area contributed by atoms with Crippen LogP contribution in [0.4, 0.5) is 10.5 Å². The molecule has 3 aromatic rings. The fourth-order valence-electron chi connectivity index (χ4n) is 3.58. The molecule has 1 aliphatic heterocycles. The largest absolute Gasteiger partial charge is 0.493 e. The number of nitrogens with one attached hydrogen (secondary N) is 2. The summed E-state index contributed by atoms with van der Waals surface area (Å²) in [6, 6.07) is 19.4. The van der Waals surface area contributed by atoms with Gasteiger partial charge in [-0.25, -0.2) is 4.79 Å². The number of methoxy groups -OCH3 is 1. The van der Waals surface area contributed by atoms with Crippen molar-refractivity contribution in [3.63, 3.8) is 0 Å². The fraction of sp³-hybridized carbons (Fsp3) is 0.148. The van der Waals surface area contributed by atoms with E-state index < -0.39 is 11.9 Å². The van der Waals surface area contributed by atoms with Gasteiger partial charge in [0.25, 0.3) is 11.8 Å². The van der Waals surface area contributed by atoms with E-state index in [1.807, 2.05) is 43.3 Å². The molecule has 1 heterocycles. The van der Waals surface area contributed by atoms with Crippen LogP contribution in [-0.2, 0) is 16.1 Å². The number of carbonyl (C=O) groups excluding carboxylic acids is 3. The Bertz CT molecular complexity index is 1320. The predicted molar refractivity (Wildman–Crippen MR) is 139 cm³/mol. The van der Waals surface area contributed by atoms with Crippen molar-refractivity contribution in [1.82, 2.24) is 10.2 Å². The van der Waals surface area contributed by atoms with Crippen molar-refractivity contribution >= 4 is 45.5 Å². The molecule has 9 heteroatoms. The first-order valence-electron chi connectivity index (χ1n) is 11.1. The molecule has 1 saturated heterocycles. The normalized spacial score (nSPS) is 14.1. The lowest BCUT2D eigenvalue weighted by molar-refractivity contribution is -0.123. The summed E-state index contributed by atoms with van der Waals surface area (Å²) in [6.07, 6.45) is 1.51. The molecule has 4 rings (SSSR count). The minimum Gasteiger partial charge on any atom is -0.493 e. The highest BCUT2D eigenvalue weighted by Crippen LogP contribution is 2.33. The quantitative estimate of drug-likeness (QED) is 0.308. The molecule has 36 heavy (non-hydrogen) atoms. The van der Waals surface area contributed by atoms with Gasteiger partial charge in [0, 0.05) is 15.7 Å². The minimum absolute atomic E-state index is 0.0966. The number of carbonyl (C=O) groups is 3. The molecule has 1 aliphatic rings. The van der Waals surface area contributed by atoms with Gasteiger partial charge in [-0.2, -0.15) is 0 Å². The number of hydrogen-bond donors (Lipinski definition) is 2. The molecular formula is C27H24BrN3O5. The van der Waals surface area contributed by atoms with Gasteiger partial charge in [0.15, 0.2) is 18.1 Å². The van der Waals surface area contributed by atoms with E-state index in [1.165, 1.54) is 13.2 Å². The summed E-state index contributed by atoms with van der Waals surface area (Å²) in [5.74, 6) is -0.154. The molecular weight excluding hydrogens is 526 g/mol. The van der Waals surface area contributed by atoms with Crippen molar-refractivity contribution < 1.29 is 23.9 Å². The number of halogens is 1. The SMILES string of the molecule is COc1cccc(/C=C2/NC(=O)N(Cc3ccc(Br)cc3)C2=O)c1OCC(=O)Nc1ccc(C)cc1. The summed E-state index contributed by atoms with van der Waals surface area (Å²) < 4.78 is 12.1. The van der Waals surface area contributed by atoms with Gasteiger partial charge < -0.3 is 20.1 Å². The zero-order valence-corrected chi connectivity index (χ0v) is 21.3. The van der Waals surface area contributed by atoms with Crippen LogP contribution in [0.1, 0.15) is 16.7 Å². The van der Waals surface area contributed by atoms with E-state index in [0.29, 0.717) is 17.0 Å². The van der Waals surface area contributed by atoms with Crippen LogP contribution < -0.4 is 20.1 Å². The van der Waals surface area contributed by atoms with E-state index in [4.69, 9.17) is 9.47 Å². The zero-order valence-electron chi connectivity index (χ0n) is 19.7. The summed E-state index contributed by atoms with van der Waals surface area (Å²) in [4.78, 5) is 39.1. The molecule has 0 atom stereocenters. The first kappa shape index (κ1) is 25.0. The number of ether oxygens (including phenoxy) is 2. The molecule has 2 N–H and O–H groups in total. The number of nitrogens with zero attached hydrogens (tertiary/aromatic N) is 1. The Balaban J connectivity index is 1.50. The first-order chi connectivity index (χ1) is 17.3. The Kier molecular flexibility index (Phi) is 7.70. The molecule has 0 radical (unpaired) electrons. The van der Waals surface area contributed by atoms with Crippen LogP contribution in [-0.4, -0.2) is 36.5 Å². The van der Waals surface area contributed by atoms with E-state index in [2.05, 4.69) is 26.6 Å². The second-order valence-corrected chi connectivity index (χ2v) is 9.00. The van der Waals surface area contributed by atoms with Crippen LogP contribution in [0.2, 0.25) is 0 Å². The van der Waals surface area contributed by atoms with Crippen molar-refractivity contribution in [2.75, 3.05) is 19.0 Å². The number of amides is 4. The lowest BCUT2D eigenvalue weighted by Crippen LogP contribution is -2.30. The van der Waals surface area contributed by atoms with Crippen molar-refractivity contribution in [1.29, 1.82) is 0 Å². The van der Waals surface area contributed by atoms with Crippen LogP contribution in [0, 0.1) is 6.92 Å². The topological polar surface area (TPSA) is 97.0 Å². The molecule has 0 saturated carbocycles. The van der Waals surface area contributed by atoms with E-state index in [0.717, 1.165) is 20.5 Å². The molecule has 1 fully saturated rings. The van der Waals surface area contributed by atoms with E-state index in [-0.39, 0.29) is 30.5 Å². The minimum atomic E-state index is -0.517. The van der Waals surface area contributed by atoms with E-state index >= 15 is 0 Å². The molecule has 0 aliphatic carbocycles. The number of para-hydroxylation sites is 1. The maximum Gasteiger partial charge on any atom is 0.329 e. The third kappa shape index (κ3) is 5.92. The molecule has 184 valence electrons. The van der Waals surface area contributed by atoms with Crippen LogP contribution in [0.15, 0.2) is 76.9 Å². The van der Waals surface area contributed by atoms with Crippen LogP contribution in [0.5, 0.6) is 11.5 Å². The number of imide groups is 1. The third-order valence-corrected chi connectivity index (χ3v) is 5.96. The molecule has 0 aromatic heterocycles. The molecule has 0 spiro atoms. The zero-order chi connectivity index (χ0) is 25.7. The fourth-order valence-corrected chi connectivity index (χ4v) is 3.84. The van der Waals surface area contributed by atoms with E-state index in [1.54, 1.807) is 30.3 Å². The van der Waals surface area contributed by atoms with Gasteiger partial charge in [0.1, 0.15) is 5.70 Å². The number of aryl methyl sites for hydroxylation is 1. The lowest BCUT2D eigenvalue weighted by Gasteiger charge is -2.14. The Morgan fingerprint density at radius 2 is 1.78 bits per heavy atom. The van der Waals surface area contributed by atoms with Crippen LogP contribution in [0.3, 0.4) is 0 Å². The average molecular weight is 550 g/mol. The van der Waals surface area contributed by atoms with Gasteiger partial charge in [-0.05, 0) is 48.9 Å². The second-order valence-electron chi connectivity index (χ2n) is 8.09. The average Bonchev–Trinajstić information content (AvgIpc) is 3.13. The Labute approximate surface area is 217 Å². The Morgan fingerprint density at radius 3 is 2.47 bits per heavy atom. The molecule has 0 unspecified atom stereocenters. The van der Waals surface area contributed by atoms with Crippen molar-refractivity contribution in [3.05, 3.63) is 93.6 Å². The van der Waals surface area contributed by atoms with Crippen molar-refractivity contribution in [2.24, 2.45) is 0 Å². The predicted octanol–water partition coefficient (Wildman–Crippen LogP) is 4.88. The maximum atomic E-state index is 13.0. The molecule has 0 bridgehead atoms. The highest BCUT2D eigenvalue weighted by atomic mass is 79.9. The molecule has 3 aromatic carbocycles. The summed E-state index contributed by atoms with van der Waals surface area (Å²) in [5, 5.41) is 5.39. The summed E-state index contributed by atoms with van der Waals surface area (Å²) in [5.41, 5.74) is 3.13. The Hall–Kier alpha value is -4.11. The monoisotopic (exact) mass is 549 g/mol. The molecule has 8 nitrogen and oxygen atoms in total. The van der Waals surface area contributed by atoms with Gasteiger partial charge in [-0.3, -0.25) is 14.5 Å². The van der Waals surface area contributed by atoms with Crippen LogP contribution in [0.25, 0.3) is 6.08 Å². The highest BCUT2D eigenvalue weighted by Gasteiger charge is 2.33. The van der Waals surface area contributed by atoms with Crippen LogP contribution >= 0.6 is 15.9 Å². The molecule has 4 amide bonds. The lowest BCUT2D eigenvalue weighted by atomic mass is 10.1. The number of hydrogen-bond acceptors (Lipinski definition) is 5. The first-order valence-corrected chi connectivity index (χ1v) is 11.9. The van der Waals surface area contributed by atoms with Gasteiger partial charge >= 0.3 is 6.03 Å². The number of rotatable bonds is 8. The van der Waals surface area contributed by atoms with Crippen molar-refractivity contribution in [2.45, 2.75) is 13.5 Å². The summed E-state index contributed by atoms with van der Waals surface area (Å²) in [7, 11) is 1.48.